The number of hydrogen-bond acceptors (Lipinski definition) is 3. The van der Waals surface area contributed by atoms with Crippen LogP contribution in [0.3, 0.4) is 0 Å². The second kappa shape index (κ2) is 8.78. The van der Waals surface area contributed by atoms with Gasteiger partial charge in [-0.1, -0.05) is 59.3 Å². The fourth-order valence-electron chi connectivity index (χ4n) is 3.84. The van der Waals surface area contributed by atoms with Gasteiger partial charge in [0.05, 0.1) is 12.6 Å². The van der Waals surface area contributed by atoms with Crippen LogP contribution in [0.15, 0.2) is 72.8 Å². The molecule has 31 heavy (non-hydrogen) atoms. The monoisotopic (exact) mass is 435 g/mol. The highest BCUT2D eigenvalue weighted by atomic mass is 35.5. The van der Waals surface area contributed by atoms with Crippen LogP contribution < -0.4 is 9.67 Å². The quantitative estimate of drug-likeness (QED) is 0.280. The number of H-pyrrole nitrogens is 1. The Balaban J connectivity index is 1.72. The number of Topliss-reactive ketones (excluding diaryl/α,β-unsaturated/α-hetero) is 1. The van der Waals surface area contributed by atoms with E-state index in [1.807, 2.05) is 54.5 Å². The first-order valence-corrected chi connectivity index (χ1v) is 10.4. The Morgan fingerprint density at radius 1 is 1.13 bits per heavy atom. The van der Waals surface area contributed by atoms with Gasteiger partial charge in [-0.2, -0.15) is 0 Å². The molecule has 2 heterocycles. The van der Waals surface area contributed by atoms with Crippen LogP contribution >= 0.6 is 11.6 Å². The minimum atomic E-state index is -0.736. The number of likely N-dealkylation sites (tertiary alicyclic amines) is 1. The third kappa shape index (κ3) is 4.25. The number of aromatic nitrogens is 2. The summed E-state index contributed by atoms with van der Waals surface area (Å²) < 4.78 is 1.97. The number of amides is 1. The third-order valence-corrected chi connectivity index (χ3v) is 5.70. The summed E-state index contributed by atoms with van der Waals surface area (Å²) in [6, 6.07) is 13.2. The Morgan fingerprint density at radius 3 is 2.48 bits per heavy atom. The first-order chi connectivity index (χ1) is 15.0. The van der Waals surface area contributed by atoms with Gasteiger partial charge in [0.15, 0.2) is 0 Å². The SMILES string of the molecule is Cc1ccc(C2/C(=C(\[O-])c3ccc(Cl)cc3)C(=O)C(=O)N2CCC[n+]2cc[nH]c2)cc1. The van der Waals surface area contributed by atoms with E-state index in [1.54, 1.807) is 24.3 Å². The molecule has 1 amide bonds. The summed E-state index contributed by atoms with van der Waals surface area (Å²) >= 11 is 5.94. The maximum absolute atomic E-state index is 13.3. The minimum Gasteiger partial charge on any atom is -0.872 e. The van der Waals surface area contributed by atoms with Gasteiger partial charge in [-0.25, -0.2) is 4.57 Å². The highest BCUT2D eigenvalue weighted by Gasteiger charge is 2.43. The zero-order chi connectivity index (χ0) is 22.0. The van der Waals surface area contributed by atoms with Gasteiger partial charge in [-0.15, -0.1) is 0 Å². The zero-order valence-electron chi connectivity index (χ0n) is 17.0. The Morgan fingerprint density at radius 2 is 1.84 bits per heavy atom. The van der Waals surface area contributed by atoms with Crippen molar-refractivity contribution in [1.82, 2.24) is 9.88 Å². The van der Waals surface area contributed by atoms with Crippen molar-refractivity contribution < 1.29 is 19.3 Å². The smallest absolute Gasteiger partial charge is 0.295 e. The van der Waals surface area contributed by atoms with E-state index in [9.17, 15) is 14.7 Å². The second-order valence-electron chi connectivity index (χ2n) is 7.59. The maximum Gasteiger partial charge on any atom is 0.295 e. The van der Waals surface area contributed by atoms with Gasteiger partial charge in [0, 0.05) is 23.6 Å². The molecule has 1 aliphatic heterocycles. The maximum atomic E-state index is 13.3. The number of nitrogens with zero attached hydrogens (tertiary/aromatic N) is 2. The summed E-state index contributed by atoms with van der Waals surface area (Å²) in [4.78, 5) is 30.4. The van der Waals surface area contributed by atoms with Crippen LogP contribution in [-0.2, 0) is 16.1 Å². The minimum absolute atomic E-state index is 0.00882. The van der Waals surface area contributed by atoms with Crippen LogP contribution in [0.25, 0.3) is 5.76 Å². The van der Waals surface area contributed by atoms with Crippen molar-refractivity contribution in [3.05, 3.63) is 94.5 Å². The summed E-state index contributed by atoms with van der Waals surface area (Å²) in [5.74, 6) is -1.81. The number of carbonyl (C=O) groups excluding carboxylic acids is 2. The molecular weight excluding hydrogens is 414 g/mol. The lowest BCUT2D eigenvalue weighted by Crippen LogP contribution is -2.36. The normalized spacial score (nSPS) is 18.0. The van der Waals surface area contributed by atoms with E-state index in [1.165, 1.54) is 4.90 Å². The van der Waals surface area contributed by atoms with Crippen molar-refractivity contribution in [2.75, 3.05) is 6.54 Å². The molecule has 1 unspecified atom stereocenters. The molecule has 7 heteroatoms. The molecule has 1 aromatic heterocycles. The van der Waals surface area contributed by atoms with Gasteiger partial charge in [-0.05, 0) is 30.2 Å². The lowest BCUT2D eigenvalue weighted by molar-refractivity contribution is -0.695. The van der Waals surface area contributed by atoms with E-state index in [4.69, 9.17) is 11.6 Å². The van der Waals surface area contributed by atoms with Gasteiger partial charge in [-0.3, -0.25) is 14.6 Å². The Labute approximate surface area is 185 Å². The summed E-state index contributed by atoms with van der Waals surface area (Å²) in [5, 5.41) is 13.8. The molecule has 1 fully saturated rings. The number of benzene rings is 2. The van der Waals surface area contributed by atoms with Gasteiger partial charge in [0.2, 0.25) is 12.1 Å². The first kappa shape index (κ1) is 20.9. The van der Waals surface area contributed by atoms with Crippen LogP contribution in [0.4, 0.5) is 0 Å². The number of halogens is 1. The van der Waals surface area contributed by atoms with Crippen molar-refractivity contribution >= 4 is 29.1 Å². The fraction of sp³-hybridized carbons (Fsp3) is 0.208. The zero-order valence-corrected chi connectivity index (χ0v) is 17.8. The molecule has 0 spiro atoms. The van der Waals surface area contributed by atoms with Crippen LogP contribution in [-0.4, -0.2) is 28.1 Å². The molecule has 1 saturated heterocycles. The Hall–Kier alpha value is -3.38. The predicted octanol–water partition coefficient (Wildman–Crippen LogP) is 2.58. The predicted molar refractivity (Wildman–Crippen MR) is 115 cm³/mol. The van der Waals surface area contributed by atoms with Gasteiger partial charge < -0.3 is 10.0 Å². The lowest BCUT2D eigenvalue weighted by Gasteiger charge is -2.27. The van der Waals surface area contributed by atoms with Gasteiger partial charge >= 0.3 is 0 Å². The summed E-state index contributed by atoms with van der Waals surface area (Å²) in [5.41, 5.74) is 2.13. The summed E-state index contributed by atoms with van der Waals surface area (Å²) in [7, 11) is 0. The highest BCUT2D eigenvalue weighted by Crippen LogP contribution is 2.38. The Bertz CT molecular complexity index is 1120. The van der Waals surface area contributed by atoms with E-state index in [0.29, 0.717) is 30.1 Å². The molecule has 0 bridgehead atoms. The van der Waals surface area contributed by atoms with Crippen LogP contribution in [0.5, 0.6) is 0 Å². The standard InChI is InChI=1S/C24H22ClN3O3/c1-16-3-5-17(6-4-16)21-20(22(29)18-7-9-19(25)10-8-18)23(30)24(31)28(21)13-2-12-27-14-11-26-15-27/h3-11,14-15,21H,2,12-13H2,1H3,(H,29,30). The topological polar surface area (TPSA) is 80.1 Å². The molecule has 1 aliphatic rings. The van der Waals surface area contributed by atoms with Crippen LogP contribution in [0.2, 0.25) is 5.02 Å². The van der Waals surface area contributed by atoms with Crippen molar-refractivity contribution in [2.45, 2.75) is 25.9 Å². The van der Waals surface area contributed by atoms with Crippen LogP contribution in [0.1, 0.15) is 29.2 Å². The van der Waals surface area contributed by atoms with E-state index >= 15 is 0 Å². The first-order valence-electron chi connectivity index (χ1n) is 10.1. The molecule has 1 N–H and O–H groups in total. The summed E-state index contributed by atoms with van der Waals surface area (Å²) in [6.45, 7) is 3.01. The van der Waals surface area contributed by atoms with E-state index in [2.05, 4.69) is 4.98 Å². The number of imidazole rings is 1. The number of rotatable bonds is 6. The highest BCUT2D eigenvalue weighted by molar-refractivity contribution is 6.46. The molecule has 0 radical (unpaired) electrons. The lowest BCUT2D eigenvalue weighted by atomic mass is 9.94. The summed E-state index contributed by atoms with van der Waals surface area (Å²) in [6.07, 6.45) is 6.19. The molecular formula is C24H22ClN3O3. The van der Waals surface area contributed by atoms with E-state index < -0.39 is 23.5 Å². The molecule has 1 atom stereocenters. The number of nitrogens with one attached hydrogen (secondary N) is 1. The average molecular weight is 436 g/mol. The number of carbonyl (C=O) groups is 2. The van der Waals surface area contributed by atoms with Gasteiger partial charge in [0.1, 0.15) is 12.4 Å². The van der Waals surface area contributed by atoms with Gasteiger partial charge in [0.25, 0.3) is 5.91 Å². The number of aryl methyl sites for hydroxylation is 2. The molecule has 0 aliphatic carbocycles. The third-order valence-electron chi connectivity index (χ3n) is 5.45. The Kier molecular flexibility index (Phi) is 5.91. The molecule has 3 aromatic rings. The number of ketones is 1. The number of aromatic amines is 1. The van der Waals surface area contributed by atoms with Crippen LogP contribution in [0, 0.1) is 6.92 Å². The van der Waals surface area contributed by atoms with E-state index in [0.717, 1.165) is 11.1 Å². The molecule has 6 nitrogen and oxygen atoms in total. The average Bonchev–Trinajstić information content (AvgIpc) is 3.37. The second-order valence-corrected chi connectivity index (χ2v) is 8.03. The largest absolute Gasteiger partial charge is 0.872 e. The van der Waals surface area contributed by atoms with Crippen molar-refractivity contribution in [2.24, 2.45) is 0 Å². The molecule has 2 aromatic carbocycles. The molecule has 4 rings (SSSR count). The fourth-order valence-corrected chi connectivity index (χ4v) is 3.96. The molecule has 0 saturated carbocycles. The van der Waals surface area contributed by atoms with E-state index in [-0.39, 0.29) is 5.57 Å². The number of hydrogen-bond donors (Lipinski definition) is 1. The van der Waals surface area contributed by atoms with Crippen molar-refractivity contribution in [3.63, 3.8) is 0 Å². The van der Waals surface area contributed by atoms with Crippen molar-refractivity contribution in [1.29, 1.82) is 0 Å². The molecule has 158 valence electrons. The van der Waals surface area contributed by atoms with Crippen molar-refractivity contribution in [3.8, 4) is 0 Å².